The predicted octanol–water partition coefficient (Wildman–Crippen LogP) is 9.41. The molecule has 4 heteroatoms. The summed E-state index contributed by atoms with van der Waals surface area (Å²) in [7, 11) is 0. The van der Waals surface area contributed by atoms with E-state index in [-0.39, 0.29) is 12.3 Å². The Balaban J connectivity index is 1.33. The minimum absolute atomic E-state index is 0.0287. The number of rotatable bonds is 1. The molecule has 0 saturated carbocycles. The van der Waals surface area contributed by atoms with Crippen LogP contribution in [-0.4, -0.2) is 15.9 Å². The SMILES string of the molecule is CC1(C)c2ccccc2-c2c1n1c3c(cccc23)-c2cc(-c3ccccc3)cc3c2B1c1cccc2c4oc5ccccc5c4n-3c12. The molecule has 0 fully saturated rings. The van der Waals surface area contributed by atoms with Gasteiger partial charge in [0.15, 0.2) is 5.58 Å². The van der Waals surface area contributed by atoms with Gasteiger partial charge in [0.2, 0.25) is 0 Å². The Morgan fingerprint density at radius 3 is 2.26 bits per heavy atom. The standard InChI is InChI=1S/C43H27BN2O/c1-43(2)32-19-8-6-14-27(32)36-29-17-10-16-26-31-22-25(24-12-4-3-5-13-24)23-34-37(31)44(46(38(26)29)42(36)43)33-20-11-18-30-39(33)45(34)40-28-15-7-9-21-35(28)47-41(30)40/h3-23H,1-2H3. The van der Waals surface area contributed by atoms with E-state index in [1.54, 1.807) is 0 Å². The van der Waals surface area contributed by atoms with Crippen LogP contribution < -0.4 is 10.9 Å². The molecule has 0 radical (unpaired) electrons. The Morgan fingerprint density at radius 1 is 0.596 bits per heavy atom. The van der Waals surface area contributed by atoms with E-state index in [9.17, 15) is 0 Å². The van der Waals surface area contributed by atoms with Crippen LogP contribution in [0.2, 0.25) is 0 Å². The van der Waals surface area contributed by atoms with E-state index in [4.69, 9.17) is 4.42 Å². The van der Waals surface area contributed by atoms with Crippen LogP contribution in [0.25, 0.3) is 82.9 Å². The number of furan rings is 1. The van der Waals surface area contributed by atoms with Crippen LogP contribution in [0.5, 0.6) is 0 Å². The number of nitrogens with zero attached hydrogens (tertiary/aromatic N) is 2. The van der Waals surface area contributed by atoms with Crippen LogP contribution in [0.1, 0.15) is 25.1 Å². The first kappa shape index (κ1) is 24.5. The molecular formula is C43H27BN2O. The van der Waals surface area contributed by atoms with Gasteiger partial charge in [-0.15, -0.1) is 0 Å². The quantitative estimate of drug-likeness (QED) is 0.173. The summed E-state index contributed by atoms with van der Waals surface area (Å²) in [6.07, 6.45) is 0. The number of aromatic nitrogens is 2. The fourth-order valence-corrected chi connectivity index (χ4v) is 9.66. The van der Waals surface area contributed by atoms with E-state index in [0.717, 1.165) is 22.1 Å². The maximum atomic E-state index is 6.70. The third-order valence-electron chi connectivity index (χ3n) is 11.4. The first-order chi connectivity index (χ1) is 23.1. The van der Waals surface area contributed by atoms with Crippen molar-refractivity contribution in [2.75, 3.05) is 0 Å². The van der Waals surface area contributed by atoms with Crippen LogP contribution in [0, 0.1) is 0 Å². The second-order valence-electron chi connectivity index (χ2n) is 14.0. The second-order valence-corrected chi connectivity index (χ2v) is 14.0. The summed E-state index contributed by atoms with van der Waals surface area (Å²) in [6, 6.07) is 47.1. The summed E-state index contributed by atoms with van der Waals surface area (Å²) in [6.45, 7) is 4.86. The Hall–Kier alpha value is -5.74. The van der Waals surface area contributed by atoms with Crippen molar-refractivity contribution in [3.8, 4) is 39.1 Å². The lowest BCUT2D eigenvalue weighted by atomic mass is 9.45. The van der Waals surface area contributed by atoms with Gasteiger partial charge < -0.3 is 13.5 Å². The van der Waals surface area contributed by atoms with E-state index in [2.05, 4.69) is 150 Å². The van der Waals surface area contributed by atoms with Crippen LogP contribution >= 0.6 is 0 Å². The lowest BCUT2D eigenvalue weighted by Crippen LogP contribution is -2.56. The predicted molar refractivity (Wildman–Crippen MR) is 195 cm³/mol. The molecule has 47 heavy (non-hydrogen) atoms. The van der Waals surface area contributed by atoms with E-state index in [1.165, 1.54) is 83.1 Å². The molecule has 12 rings (SSSR count). The normalized spacial score (nSPS) is 14.7. The maximum absolute atomic E-state index is 6.70. The van der Waals surface area contributed by atoms with Gasteiger partial charge in [-0.2, -0.15) is 0 Å². The monoisotopic (exact) mass is 598 g/mol. The Bertz CT molecular complexity index is 2880. The average Bonchev–Trinajstić information content (AvgIpc) is 3.82. The molecule has 0 saturated heterocycles. The third-order valence-corrected chi connectivity index (χ3v) is 11.4. The first-order valence-corrected chi connectivity index (χ1v) is 16.6. The topological polar surface area (TPSA) is 23.0 Å². The summed E-state index contributed by atoms with van der Waals surface area (Å²) in [4.78, 5) is 0. The zero-order chi connectivity index (χ0) is 30.8. The minimum Gasteiger partial charge on any atom is -0.454 e. The first-order valence-electron chi connectivity index (χ1n) is 16.6. The summed E-state index contributed by atoms with van der Waals surface area (Å²) in [5.41, 5.74) is 20.1. The van der Waals surface area contributed by atoms with Crippen LogP contribution in [-0.2, 0) is 5.41 Å². The highest BCUT2D eigenvalue weighted by Gasteiger charge is 2.48. The molecule has 3 aromatic heterocycles. The molecule has 2 aliphatic heterocycles. The van der Waals surface area contributed by atoms with Gasteiger partial charge in [-0.3, -0.25) is 0 Å². The van der Waals surface area contributed by atoms with E-state index in [0.29, 0.717) is 0 Å². The zero-order valence-electron chi connectivity index (χ0n) is 26.0. The average molecular weight is 599 g/mol. The molecule has 0 N–H and O–H groups in total. The molecule has 0 amide bonds. The maximum Gasteiger partial charge on any atom is 0.332 e. The number of hydrogen-bond donors (Lipinski definition) is 0. The van der Waals surface area contributed by atoms with E-state index < -0.39 is 0 Å². The van der Waals surface area contributed by atoms with Crippen molar-refractivity contribution in [2.45, 2.75) is 19.3 Å². The summed E-state index contributed by atoms with van der Waals surface area (Å²) < 4.78 is 12.0. The second kappa shape index (κ2) is 7.97. The molecule has 0 spiro atoms. The van der Waals surface area contributed by atoms with Gasteiger partial charge in [-0.25, -0.2) is 0 Å². The lowest BCUT2D eigenvalue weighted by Gasteiger charge is -2.37. The van der Waals surface area contributed by atoms with Crippen molar-refractivity contribution in [1.29, 1.82) is 0 Å². The third kappa shape index (κ3) is 2.68. The van der Waals surface area contributed by atoms with Crippen molar-refractivity contribution < 1.29 is 4.42 Å². The highest BCUT2D eigenvalue weighted by Crippen LogP contribution is 2.55. The summed E-state index contributed by atoms with van der Waals surface area (Å²) >= 11 is 0. The molecule has 5 heterocycles. The molecule has 9 aromatic rings. The van der Waals surface area contributed by atoms with Crippen LogP contribution in [0.4, 0.5) is 0 Å². The van der Waals surface area contributed by atoms with Crippen LogP contribution in [0.15, 0.2) is 132 Å². The van der Waals surface area contributed by atoms with Gasteiger partial charge in [0.1, 0.15) is 11.1 Å². The lowest BCUT2D eigenvalue weighted by molar-refractivity contribution is 0.632. The van der Waals surface area contributed by atoms with E-state index in [1.807, 2.05) is 0 Å². The highest BCUT2D eigenvalue weighted by atomic mass is 16.3. The van der Waals surface area contributed by atoms with Crippen molar-refractivity contribution in [1.82, 2.24) is 9.05 Å². The van der Waals surface area contributed by atoms with Gasteiger partial charge >= 0.3 is 6.85 Å². The number of fused-ring (bicyclic) bond motifs is 14. The number of hydrogen-bond acceptors (Lipinski definition) is 1. The van der Waals surface area contributed by atoms with Gasteiger partial charge in [0, 0.05) is 49.6 Å². The number of benzene rings is 6. The van der Waals surface area contributed by atoms with Crippen LogP contribution in [0.3, 0.4) is 0 Å². The molecule has 3 aliphatic rings. The molecule has 0 bridgehead atoms. The Labute approximate surface area is 271 Å². The van der Waals surface area contributed by atoms with Gasteiger partial charge in [0.25, 0.3) is 0 Å². The molecule has 0 unspecified atom stereocenters. The Kier molecular flexibility index (Phi) is 4.15. The molecule has 0 atom stereocenters. The van der Waals surface area contributed by atoms with Gasteiger partial charge in [-0.1, -0.05) is 111 Å². The fourth-order valence-electron chi connectivity index (χ4n) is 9.66. The van der Waals surface area contributed by atoms with Crippen molar-refractivity contribution in [3.05, 3.63) is 139 Å². The van der Waals surface area contributed by atoms with Gasteiger partial charge in [0.05, 0.1) is 5.52 Å². The molecule has 1 aliphatic carbocycles. The smallest absolute Gasteiger partial charge is 0.332 e. The van der Waals surface area contributed by atoms with Gasteiger partial charge in [-0.05, 0) is 69.1 Å². The molecule has 218 valence electrons. The van der Waals surface area contributed by atoms with E-state index >= 15 is 0 Å². The van der Waals surface area contributed by atoms with Crippen molar-refractivity contribution >= 4 is 61.6 Å². The Morgan fingerprint density at radius 2 is 1.34 bits per heavy atom. The largest absolute Gasteiger partial charge is 0.454 e. The fraction of sp³-hybridized carbons (Fsp3) is 0.0698. The summed E-state index contributed by atoms with van der Waals surface area (Å²) in [5.74, 6) is 0. The van der Waals surface area contributed by atoms with Crippen molar-refractivity contribution in [2.24, 2.45) is 0 Å². The van der Waals surface area contributed by atoms with Crippen molar-refractivity contribution in [3.63, 3.8) is 0 Å². The summed E-state index contributed by atoms with van der Waals surface area (Å²) in [5, 5.41) is 3.67. The minimum atomic E-state index is -0.152. The molecule has 3 nitrogen and oxygen atoms in total. The zero-order valence-corrected chi connectivity index (χ0v) is 26.0. The molecule has 6 aromatic carbocycles. The number of para-hydroxylation sites is 3. The highest BCUT2D eigenvalue weighted by molar-refractivity contribution is 6.89. The molecular weight excluding hydrogens is 571 g/mol.